The third kappa shape index (κ3) is 4.75. The zero-order chi connectivity index (χ0) is 19.3. The van der Waals surface area contributed by atoms with Gasteiger partial charge in [0.15, 0.2) is 0 Å². The van der Waals surface area contributed by atoms with E-state index < -0.39 is 18.0 Å². The fourth-order valence-electron chi connectivity index (χ4n) is 2.58. The highest BCUT2D eigenvalue weighted by molar-refractivity contribution is 5.98. The summed E-state index contributed by atoms with van der Waals surface area (Å²) in [6.45, 7) is 6.31. The fourth-order valence-corrected chi connectivity index (χ4v) is 2.58. The molecule has 0 saturated carbocycles. The average molecular weight is 355 g/mol. The van der Waals surface area contributed by atoms with Crippen LogP contribution in [0.4, 0.5) is 10.5 Å². The molecule has 6 heteroatoms. The molecule has 6 nitrogen and oxygen atoms in total. The number of primary amides is 1. The maximum atomic E-state index is 12.5. The van der Waals surface area contributed by atoms with Gasteiger partial charge in [0.1, 0.15) is 11.8 Å². The van der Waals surface area contributed by atoms with Crippen molar-refractivity contribution in [2.45, 2.75) is 32.2 Å². The smallest absolute Gasteiger partial charge is 0.318 e. The van der Waals surface area contributed by atoms with Crippen molar-refractivity contribution in [3.8, 4) is 5.75 Å². The molecule has 0 aromatic heterocycles. The van der Waals surface area contributed by atoms with Crippen LogP contribution in [0.1, 0.15) is 37.9 Å². The van der Waals surface area contributed by atoms with E-state index in [2.05, 4.69) is 31.4 Å². The molecule has 0 saturated heterocycles. The van der Waals surface area contributed by atoms with Gasteiger partial charge in [-0.1, -0.05) is 57.2 Å². The summed E-state index contributed by atoms with van der Waals surface area (Å²) in [4.78, 5) is 23.7. The van der Waals surface area contributed by atoms with Crippen molar-refractivity contribution in [2.75, 3.05) is 12.4 Å². The van der Waals surface area contributed by atoms with Crippen molar-refractivity contribution in [3.05, 3.63) is 59.7 Å². The molecule has 0 aliphatic heterocycles. The number of carbonyl (C=O) groups excluding carboxylic acids is 2. The Morgan fingerprint density at radius 3 is 2.27 bits per heavy atom. The summed E-state index contributed by atoms with van der Waals surface area (Å²) in [6.07, 6.45) is 0. The number of hydrogen-bond acceptors (Lipinski definition) is 4. The number of rotatable bonds is 5. The summed E-state index contributed by atoms with van der Waals surface area (Å²) < 4.78 is 5.42. The van der Waals surface area contributed by atoms with Gasteiger partial charge in [0.2, 0.25) is 0 Å². The van der Waals surface area contributed by atoms with Crippen molar-refractivity contribution in [1.29, 1.82) is 0 Å². The number of carbonyl (C=O) groups is 2. The summed E-state index contributed by atoms with van der Waals surface area (Å²) in [7, 11) is 1.57. The van der Waals surface area contributed by atoms with Crippen LogP contribution >= 0.6 is 0 Å². The Morgan fingerprint density at radius 1 is 1.08 bits per heavy atom. The molecular formula is C20H25N3O3. The number of urea groups is 1. The molecule has 0 bridgehead atoms. The van der Waals surface area contributed by atoms with Gasteiger partial charge in [0.25, 0.3) is 5.91 Å². The summed E-state index contributed by atoms with van der Waals surface area (Å²) >= 11 is 0. The van der Waals surface area contributed by atoms with Crippen LogP contribution in [0.15, 0.2) is 48.5 Å². The summed E-state index contributed by atoms with van der Waals surface area (Å²) in [5.41, 5.74) is 7.50. The van der Waals surface area contributed by atoms with Gasteiger partial charge < -0.3 is 15.8 Å². The summed E-state index contributed by atoms with van der Waals surface area (Å²) in [5.74, 6) is 0.0673. The van der Waals surface area contributed by atoms with E-state index in [1.807, 2.05) is 36.4 Å². The van der Waals surface area contributed by atoms with E-state index in [1.54, 1.807) is 19.2 Å². The number of anilines is 1. The number of imide groups is 1. The van der Waals surface area contributed by atoms with Crippen molar-refractivity contribution >= 4 is 17.6 Å². The van der Waals surface area contributed by atoms with Crippen LogP contribution in [0, 0.1) is 0 Å². The average Bonchev–Trinajstić information content (AvgIpc) is 2.58. The van der Waals surface area contributed by atoms with Gasteiger partial charge >= 0.3 is 6.03 Å². The summed E-state index contributed by atoms with van der Waals surface area (Å²) in [5, 5.41) is 5.33. The molecule has 2 rings (SSSR count). The SMILES string of the molecule is COc1ccc(C(C)(C)C)cc1N[C@H](C(=O)NC(N)=O)c1ccccc1. The first kappa shape index (κ1) is 19.3. The number of methoxy groups -OCH3 is 1. The zero-order valence-electron chi connectivity index (χ0n) is 15.5. The van der Waals surface area contributed by atoms with E-state index in [-0.39, 0.29) is 5.41 Å². The van der Waals surface area contributed by atoms with Crippen LogP contribution < -0.4 is 21.1 Å². The predicted octanol–water partition coefficient (Wildman–Crippen LogP) is 3.34. The first-order valence-electron chi connectivity index (χ1n) is 8.32. The molecule has 0 heterocycles. The van der Waals surface area contributed by atoms with Gasteiger partial charge in [0.05, 0.1) is 12.8 Å². The van der Waals surface area contributed by atoms with Gasteiger partial charge in [-0.25, -0.2) is 4.79 Å². The van der Waals surface area contributed by atoms with Gasteiger partial charge in [0, 0.05) is 0 Å². The molecule has 0 aliphatic carbocycles. The highest BCUT2D eigenvalue weighted by Crippen LogP contribution is 2.33. The molecule has 4 N–H and O–H groups in total. The second-order valence-corrected chi connectivity index (χ2v) is 7.01. The minimum atomic E-state index is -0.895. The quantitative estimate of drug-likeness (QED) is 0.767. The largest absolute Gasteiger partial charge is 0.495 e. The third-order valence-corrected chi connectivity index (χ3v) is 4.01. The number of nitrogens with two attached hydrogens (primary N) is 1. The fraction of sp³-hybridized carbons (Fsp3) is 0.300. The Hall–Kier alpha value is -3.02. The molecule has 2 aromatic carbocycles. The van der Waals surface area contributed by atoms with E-state index in [4.69, 9.17) is 10.5 Å². The Morgan fingerprint density at radius 2 is 1.73 bits per heavy atom. The lowest BCUT2D eigenvalue weighted by Gasteiger charge is -2.24. The van der Waals surface area contributed by atoms with Gasteiger partial charge in [-0.05, 0) is 28.7 Å². The number of benzene rings is 2. The molecule has 0 fully saturated rings. The lowest BCUT2D eigenvalue weighted by molar-refractivity contribution is -0.120. The van der Waals surface area contributed by atoms with Crippen molar-refractivity contribution in [3.63, 3.8) is 0 Å². The monoisotopic (exact) mass is 355 g/mol. The van der Waals surface area contributed by atoms with E-state index in [1.165, 1.54) is 0 Å². The van der Waals surface area contributed by atoms with Crippen LogP contribution in [0.25, 0.3) is 0 Å². The van der Waals surface area contributed by atoms with E-state index in [9.17, 15) is 9.59 Å². The topological polar surface area (TPSA) is 93.4 Å². The molecular weight excluding hydrogens is 330 g/mol. The lowest BCUT2D eigenvalue weighted by atomic mass is 9.86. The molecule has 0 radical (unpaired) electrons. The lowest BCUT2D eigenvalue weighted by Crippen LogP contribution is -2.40. The van der Waals surface area contributed by atoms with E-state index in [0.717, 1.165) is 5.56 Å². The minimum Gasteiger partial charge on any atom is -0.495 e. The van der Waals surface area contributed by atoms with Crippen LogP contribution in [-0.4, -0.2) is 19.0 Å². The normalized spacial score (nSPS) is 12.2. The zero-order valence-corrected chi connectivity index (χ0v) is 15.5. The highest BCUT2D eigenvalue weighted by atomic mass is 16.5. The summed E-state index contributed by atoms with van der Waals surface area (Å²) in [6, 6.07) is 13.2. The van der Waals surface area contributed by atoms with E-state index in [0.29, 0.717) is 17.0 Å². The molecule has 26 heavy (non-hydrogen) atoms. The van der Waals surface area contributed by atoms with Crippen molar-refractivity contribution in [2.24, 2.45) is 5.73 Å². The van der Waals surface area contributed by atoms with Gasteiger partial charge in [-0.15, -0.1) is 0 Å². The van der Waals surface area contributed by atoms with Crippen molar-refractivity contribution in [1.82, 2.24) is 5.32 Å². The van der Waals surface area contributed by atoms with Crippen LogP contribution in [0.5, 0.6) is 5.75 Å². The minimum absolute atomic E-state index is 0.0690. The number of amides is 3. The Balaban J connectivity index is 2.44. The number of nitrogens with one attached hydrogen (secondary N) is 2. The van der Waals surface area contributed by atoms with Gasteiger partial charge in [-0.3, -0.25) is 10.1 Å². The molecule has 1 atom stereocenters. The maximum absolute atomic E-state index is 12.5. The molecule has 2 aromatic rings. The first-order chi connectivity index (χ1) is 12.2. The standard InChI is InChI=1S/C20H25N3O3/c1-20(2,3)14-10-11-16(26-4)15(12-14)22-17(18(24)23-19(21)25)13-8-6-5-7-9-13/h5-12,17,22H,1-4H3,(H3,21,23,24,25)/t17-/m0/s1. The van der Waals surface area contributed by atoms with E-state index >= 15 is 0 Å². The second-order valence-electron chi connectivity index (χ2n) is 7.01. The number of ether oxygens (including phenoxy) is 1. The Kier molecular flexibility index (Phi) is 5.87. The molecule has 0 spiro atoms. The first-order valence-corrected chi connectivity index (χ1v) is 8.32. The van der Waals surface area contributed by atoms with Gasteiger partial charge in [-0.2, -0.15) is 0 Å². The van der Waals surface area contributed by atoms with Crippen LogP contribution in [0.2, 0.25) is 0 Å². The predicted molar refractivity (Wildman–Crippen MR) is 102 cm³/mol. The molecule has 0 aliphatic rings. The van der Waals surface area contributed by atoms with Crippen molar-refractivity contribution < 1.29 is 14.3 Å². The maximum Gasteiger partial charge on any atom is 0.318 e. The van der Waals surface area contributed by atoms with Crippen LogP contribution in [0.3, 0.4) is 0 Å². The number of hydrogen-bond donors (Lipinski definition) is 3. The molecule has 0 unspecified atom stereocenters. The Bertz CT molecular complexity index is 783. The molecule has 138 valence electrons. The highest BCUT2D eigenvalue weighted by Gasteiger charge is 2.24. The van der Waals surface area contributed by atoms with Crippen LogP contribution in [-0.2, 0) is 10.2 Å². The third-order valence-electron chi connectivity index (χ3n) is 4.01. The molecule has 3 amide bonds. The Labute approximate surface area is 153 Å². The second kappa shape index (κ2) is 7.91.